The minimum Gasteiger partial charge on any atom is -0.504 e. The van der Waals surface area contributed by atoms with Gasteiger partial charge in [-0.25, -0.2) is 0 Å². The molecule has 0 atom stereocenters. The Labute approximate surface area is 97.9 Å². The Balaban J connectivity index is 2.76. The van der Waals surface area contributed by atoms with Crippen molar-refractivity contribution in [1.82, 2.24) is 0 Å². The van der Waals surface area contributed by atoms with Gasteiger partial charge in [0.15, 0.2) is 11.5 Å². The highest BCUT2D eigenvalue weighted by molar-refractivity contribution is 5.50. The van der Waals surface area contributed by atoms with Gasteiger partial charge in [0.1, 0.15) is 0 Å². The van der Waals surface area contributed by atoms with Crippen LogP contribution in [0.25, 0.3) is 0 Å². The first-order chi connectivity index (χ1) is 7.70. The molecule has 0 spiro atoms. The summed E-state index contributed by atoms with van der Waals surface area (Å²) in [5.41, 5.74) is 1.71. The van der Waals surface area contributed by atoms with Crippen molar-refractivity contribution in [3.63, 3.8) is 0 Å². The van der Waals surface area contributed by atoms with E-state index in [9.17, 15) is 10.2 Å². The molecular weight excluding hydrogens is 200 g/mol. The van der Waals surface area contributed by atoms with E-state index < -0.39 is 0 Å². The predicted molar refractivity (Wildman–Crippen MR) is 67.0 cm³/mol. The molecule has 0 aliphatic heterocycles. The number of hydrogen-bond donors (Lipinski definition) is 2. The van der Waals surface area contributed by atoms with Gasteiger partial charge in [0.25, 0.3) is 0 Å². The maximum Gasteiger partial charge on any atom is 0.160 e. The second-order valence-corrected chi connectivity index (χ2v) is 4.29. The lowest BCUT2D eigenvalue weighted by atomic mass is 10.0. The Hall–Kier alpha value is -1.18. The number of aryl methyl sites for hydroxylation is 2. The number of unbranched alkanes of at least 4 members (excludes halogenated alkanes) is 2. The third kappa shape index (κ3) is 3.16. The van der Waals surface area contributed by atoms with Crippen LogP contribution in [0.15, 0.2) is 12.1 Å². The molecule has 0 aliphatic rings. The van der Waals surface area contributed by atoms with Crippen LogP contribution in [0.4, 0.5) is 0 Å². The van der Waals surface area contributed by atoms with Crippen molar-refractivity contribution < 1.29 is 10.2 Å². The Morgan fingerprint density at radius 1 is 0.812 bits per heavy atom. The SMILES string of the molecule is CCCCCc1ccc(CCC)c(O)c1O. The lowest BCUT2D eigenvalue weighted by molar-refractivity contribution is 0.394. The number of benzene rings is 1. The summed E-state index contributed by atoms with van der Waals surface area (Å²) in [6, 6.07) is 3.87. The highest BCUT2D eigenvalue weighted by Gasteiger charge is 2.10. The lowest BCUT2D eigenvalue weighted by Crippen LogP contribution is -1.91. The Morgan fingerprint density at radius 3 is 1.88 bits per heavy atom. The first-order valence-electron chi connectivity index (χ1n) is 6.23. The monoisotopic (exact) mass is 222 g/mol. The number of hydrogen-bond acceptors (Lipinski definition) is 2. The zero-order valence-corrected chi connectivity index (χ0v) is 10.3. The molecule has 0 unspecified atom stereocenters. The van der Waals surface area contributed by atoms with E-state index in [1.165, 1.54) is 6.42 Å². The van der Waals surface area contributed by atoms with Crippen molar-refractivity contribution in [3.05, 3.63) is 23.3 Å². The average molecular weight is 222 g/mol. The van der Waals surface area contributed by atoms with Crippen LogP contribution in [0.5, 0.6) is 11.5 Å². The quantitative estimate of drug-likeness (QED) is 0.568. The predicted octanol–water partition coefficient (Wildman–Crippen LogP) is 3.78. The van der Waals surface area contributed by atoms with Gasteiger partial charge < -0.3 is 10.2 Å². The van der Waals surface area contributed by atoms with Gasteiger partial charge in [0.2, 0.25) is 0 Å². The molecular formula is C14H22O2. The molecule has 2 heteroatoms. The molecule has 1 rings (SSSR count). The summed E-state index contributed by atoms with van der Waals surface area (Å²) in [4.78, 5) is 0. The zero-order valence-electron chi connectivity index (χ0n) is 10.3. The molecule has 16 heavy (non-hydrogen) atoms. The summed E-state index contributed by atoms with van der Waals surface area (Å²) in [6.45, 7) is 4.22. The van der Waals surface area contributed by atoms with E-state index in [0.29, 0.717) is 0 Å². The van der Waals surface area contributed by atoms with Crippen molar-refractivity contribution in [2.75, 3.05) is 0 Å². The zero-order chi connectivity index (χ0) is 12.0. The number of phenolic OH excluding ortho intramolecular Hbond substituents is 2. The molecule has 0 saturated heterocycles. The first kappa shape index (κ1) is 12.9. The lowest BCUT2D eigenvalue weighted by Gasteiger charge is -2.10. The normalized spacial score (nSPS) is 10.6. The molecule has 0 heterocycles. The second-order valence-electron chi connectivity index (χ2n) is 4.29. The largest absolute Gasteiger partial charge is 0.504 e. The molecule has 0 aliphatic carbocycles. The van der Waals surface area contributed by atoms with Gasteiger partial charge in [-0.3, -0.25) is 0 Å². The summed E-state index contributed by atoms with van der Waals surface area (Å²) in [5.74, 6) is 0.165. The smallest absolute Gasteiger partial charge is 0.160 e. The topological polar surface area (TPSA) is 40.5 Å². The van der Waals surface area contributed by atoms with E-state index in [1.54, 1.807) is 0 Å². The van der Waals surface area contributed by atoms with E-state index in [1.807, 2.05) is 12.1 Å². The van der Waals surface area contributed by atoms with Gasteiger partial charge in [-0.2, -0.15) is 0 Å². The fourth-order valence-electron chi connectivity index (χ4n) is 1.90. The molecule has 90 valence electrons. The molecule has 1 aromatic carbocycles. The maximum atomic E-state index is 9.85. The highest BCUT2D eigenvalue weighted by Crippen LogP contribution is 2.34. The van der Waals surface area contributed by atoms with Crippen molar-refractivity contribution in [2.24, 2.45) is 0 Å². The van der Waals surface area contributed by atoms with E-state index in [0.717, 1.165) is 43.2 Å². The number of phenols is 2. The van der Waals surface area contributed by atoms with Gasteiger partial charge in [0.05, 0.1) is 0 Å². The minimum atomic E-state index is 0.0795. The summed E-state index contributed by atoms with van der Waals surface area (Å²) in [6.07, 6.45) is 6.03. The number of aromatic hydroxyl groups is 2. The Bertz CT molecular complexity index is 332. The summed E-state index contributed by atoms with van der Waals surface area (Å²) >= 11 is 0. The fourth-order valence-corrected chi connectivity index (χ4v) is 1.90. The van der Waals surface area contributed by atoms with Crippen molar-refractivity contribution in [3.8, 4) is 11.5 Å². The Kier molecular flexibility index (Phi) is 5.17. The van der Waals surface area contributed by atoms with Crippen molar-refractivity contribution in [2.45, 2.75) is 52.4 Å². The van der Waals surface area contributed by atoms with Crippen molar-refractivity contribution in [1.29, 1.82) is 0 Å². The fraction of sp³-hybridized carbons (Fsp3) is 0.571. The van der Waals surface area contributed by atoms with Crippen molar-refractivity contribution >= 4 is 0 Å². The van der Waals surface area contributed by atoms with Crippen LogP contribution in [-0.4, -0.2) is 10.2 Å². The van der Waals surface area contributed by atoms with Gasteiger partial charge >= 0.3 is 0 Å². The van der Waals surface area contributed by atoms with Crippen LogP contribution in [0.1, 0.15) is 50.7 Å². The molecule has 0 aromatic heterocycles. The molecule has 0 radical (unpaired) electrons. The first-order valence-corrected chi connectivity index (χ1v) is 6.23. The summed E-state index contributed by atoms with van der Waals surface area (Å²) in [7, 11) is 0. The summed E-state index contributed by atoms with van der Waals surface area (Å²) in [5, 5.41) is 19.7. The third-order valence-electron chi connectivity index (χ3n) is 2.89. The average Bonchev–Trinajstić information content (AvgIpc) is 2.28. The van der Waals surface area contributed by atoms with E-state index in [-0.39, 0.29) is 11.5 Å². The van der Waals surface area contributed by atoms with Crippen LogP contribution < -0.4 is 0 Å². The van der Waals surface area contributed by atoms with Crippen LogP contribution in [0.3, 0.4) is 0 Å². The molecule has 1 aromatic rings. The van der Waals surface area contributed by atoms with Gasteiger partial charge in [-0.05, 0) is 30.4 Å². The van der Waals surface area contributed by atoms with E-state index >= 15 is 0 Å². The van der Waals surface area contributed by atoms with E-state index in [4.69, 9.17) is 0 Å². The number of rotatable bonds is 6. The van der Waals surface area contributed by atoms with Crippen LogP contribution in [0.2, 0.25) is 0 Å². The summed E-state index contributed by atoms with van der Waals surface area (Å²) < 4.78 is 0. The minimum absolute atomic E-state index is 0.0795. The van der Waals surface area contributed by atoms with Crippen LogP contribution >= 0.6 is 0 Å². The second kappa shape index (κ2) is 6.41. The van der Waals surface area contributed by atoms with Crippen LogP contribution in [-0.2, 0) is 12.8 Å². The molecule has 2 N–H and O–H groups in total. The Morgan fingerprint density at radius 2 is 1.38 bits per heavy atom. The standard InChI is InChI=1S/C14H22O2/c1-3-5-6-8-12-10-9-11(7-4-2)13(15)14(12)16/h9-10,15-16H,3-8H2,1-2H3. The van der Waals surface area contributed by atoms with E-state index in [2.05, 4.69) is 13.8 Å². The molecule has 0 saturated carbocycles. The van der Waals surface area contributed by atoms with Crippen LogP contribution in [0, 0.1) is 0 Å². The highest BCUT2D eigenvalue weighted by atomic mass is 16.3. The molecule has 2 nitrogen and oxygen atoms in total. The van der Waals surface area contributed by atoms with Gasteiger partial charge in [-0.1, -0.05) is 45.2 Å². The third-order valence-corrected chi connectivity index (χ3v) is 2.89. The van der Waals surface area contributed by atoms with Gasteiger partial charge in [0, 0.05) is 0 Å². The molecule has 0 bridgehead atoms. The van der Waals surface area contributed by atoms with Gasteiger partial charge in [-0.15, -0.1) is 0 Å². The molecule has 0 fully saturated rings. The molecule has 0 amide bonds. The maximum absolute atomic E-state index is 9.85.